The average molecular weight is 527 g/mol. The number of rotatable bonds is 7. The van der Waals surface area contributed by atoms with E-state index >= 15 is 0 Å². The highest BCUT2D eigenvalue weighted by molar-refractivity contribution is 6.38. The number of methoxy groups -OCH3 is 1. The molecule has 7 nitrogen and oxygen atoms in total. The van der Waals surface area contributed by atoms with Crippen molar-refractivity contribution >= 4 is 21.6 Å². The van der Waals surface area contributed by atoms with Crippen molar-refractivity contribution in [3.8, 4) is 11.5 Å². The number of nitrogens with zero attached hydrogens (tertiary/aromatic N) is 1. The van der Waals surface area contributed by atoms with Gasteiger partial charge in [-0.15, -0.1) is 13.2 Å². The number of likely N-dealkylation sites (tertiary alicyclic amines) is 1. The Morgan fingerprint density at radius 1 is 1.11 bits per heavy atom. The highest BCUT2D eigenvalue weighted by Crippen LogP contribution is 2.47. The fourth-order valence-corrected chi connectivity index (χ4v) is 4.74. The van der Waals surface area contributed by atoms with Crippen LogP contribution in [0.2, 0.25) is 0 Å². The molecule has 1 amide bonds. The van der Waals surface area contributed by atoms with Gasteiger partial charge < -0.3 is 23.8 Å². The number of carbonyl (C=O) groups is 1. The zero-order valence-corrected chi connectivity index (χ0v) is 20.4. The third-order valence-corrected chi connectivity index (χ3v) is 6.17. The maximum atomic E-state index is 14.0. The molecule has 2 atom stereocenters. The lowest BCUT2D eigenvalue weighted by Gasteiger charge is -2.42. The molecular weight excluding hydrogens is 503 g/mol. The largest absolute Gasteiger partial charge is 0.522 e. The number of hydrogen-bond donors (Lipinski definition) is 0. The normalized spacial score (nSPS) is 23.0. The second-order valence-electron chi connectivity index (χ2n) is 9.17. The fourth-order valence-electron chi connectivity index (χ4n) is 4.74. The zero-order chi connectivity index (χ0) is 27.0. The van der Waals surface area contributed by atoms with Crippen molar-refractivity contribution in [1.82, 2.24) is 4.90 Å². The number of benzene rings is 2. The first-order chi connectivity index (χ1) is 17.3. The molecule has 2 saturated heterocycles. The number of fused-ring (bicyclic) bond motifs is 1. The van der Waals surface area contributed by atoms with Crippen LogP contribution in [0.3, 0.4) is 0 Å². The molecular formula is C23H24B2F5NO6. The molecule has 2 aromatic carbocycles. The molecule has 198 valence electrons. The molecule has 2 aromatic rings. The summed E-state index contributed by atoms with van der Waals surface area (Å²) in [6.45, 7) is -0.789. The summed E-state index contributed by atoms with van der Waals surface area (Å²) in [6, 6.07) is 7.50. The molecule has 2 aliphatic heterocycles. The second-order valence-corrected chi connectivity index (χ2v) is 9.17. The number of carbonyl (C=O) groups excluding carboxylic acids is 1. The summed E-state index contributed by atoms with van der Waals surface area (Å²) < 4.78 is 90.9. The number of hydrogen-bond acceptors (Lipinski definition) is 6. The van der Waals surface area contributed by atoms with E-state index in [9.17, 15) is 26.7 Å². The smallest absolute Gasteiger partial charge is 0.493 e. The van der Waals surface area contributed by atoms with Crippen molar-refractivity contribution in [2.45, 2.75) is 30.1 Å². The summed E-state index contributed by atoms with van der Waals surface area (Å²) in [5.41, 5.74) is -1.65. The number of halogens is 5. The minimum absolute atomic E-state index is 0.0930. The van der Waals surface area contributed by atoms with Gasteiger partial charge in [0.15, 0.2) is 27.2 Å². The second kappa shape index (κ2) is 10.1. The Morgan fingerprint density at radius 2 is 1.81 bits per heavy atom. The molecule has 2 aliphatic rings. The van der Waals surface area contributed by atoms with Crippen molar-refractivity contribution in [2.24, 2.45) is 0 Å². The monoisotopic (exact) mass is 527 g/mol. The van der Waals surface area contributed by atoms with E-state index in [1.807, 2.05) is 0 Å². The minimum atomic E-state index is -4.76. The van der Waals surface area contributed by atoms with E-state index in [1.165, 1.54) is 42.3 Å². The first-order valence-electron chi connectivity index (χ1n) is 11.5. The quantitative estimate of drug-likeness (QED) is 0.312. The number of ether oxygens (including phenoxy) is 5. The van der Waals surface area contributed by atoms with Crippen LogP contribution in [0.1, 0.15) is 22.3 Å². The van der Waals surface area contributed by atoms with Crippen LogP contribution in [-0.4, -0.2) is 78.0 Å². The van der Waals surface area contributed by atoms with Crippen LogP contribution in [0.15, 0.2) is 36.4 Å². The summed E-state index contributed by atoms with van der Waals surface area (Å²) in [5.74, 6) is -1.55. The number of piperidine rings is 1. The van der Waals surface area contributed by atoms with Crippen molar-refractivity contribution < 1.29 is 50.4 Å². The predicted octanol–water partition coefficient (Wildman–Crippen LogP) is 1.92. The third kappa shape index (κ3) is 6.02. The van der Waals surface area contributed by atoms with Gasteiger partial charge >= 0.3 is 6.36 Å². The van der Waals surface area contributed by atoms with E-state index < -0.39 is 41.9 Å². The highest BCUT2D eigenvalue weighted by Gasteiger charge is 2.56. The molecule has 4 rings (SSSR count). The molecule has 0 saturated carbocycles. The first-order valence-corrected chi connectivity index (χ1v) is 11.5. The molecule has 0 aliphatic carbocycles. The summed E-state index contributed by atoms with van der Waals surface area (Å²) in [7, 11) is 4.72. The Labute approximate surface area is 211 Å². The summed E-state index contributed by atoms with van der Waals surface area (Å²) in [4.78, 5) is 14.9. The Morgan fingerprint density at radius 3 is 2.46 bits per heavy atom. The fraction of sp³-hybridized carbons (Fsp3) is 0.435. The van der Waals surface area contributed by atoms with Crippen LogP contribution in [0, 0.1) is 11.6 Å². The number of alkyl halides is 3. The maximum Gasteiger partial charge on any atom is 0.522 e. The first kappa shape index (κ1) is 27.2. The Hall–Kier alpha value is -2.83. The molecule has 2 fully saturated rings. The van der Waals surface area contributed by atoms with E-state index in [0.29, 0.717) is 5.56 Å². The lowest BCUT2D eigenvalue weighted by molar-refractivity contribution is -0.325. The van der Waals surface area contributed by atoms with Gasteiger partial charge in [0.05, 0.1) is 25.8 Å². The molecule has 0 N–H and O–H groups in total. The lowest BCUT2D eigenvalue weighted by atomic mass is 9.76. The van der Waals surface area contributed by atoms with Crippen molar-refractivity contribution in [3.63, 3.8) is 0 Å². The molecule has 0 aromatic heterocycles. The van der Waals surface area contributed by atoms with Gasteiger partial charge in [0, 0.05) is 24.6 Å². The van der Waals surface area contributed by atoms with E-state index in [-0.39, 0.29) is 49.1 Å². The molecule has 0 radical (unpaired) electrons. The molecule has 0 bridgehead atoms. The van der Waals surface area contributed by atoms with Crippen LogP contribution in [-0.2, 0) is 19.8 Å². The van der Waals surface area contributed by atoms with Gasteiger partial charge in [-0.1, -0.05) is 0 Å². The van der Waals surface area contributed by atoms with E-state index in [1.54, 1.807) is 15.7 Å². The van der Waals surface area contributed by atoms with Gasteiger partial charge in [-0.3, -0.25) is 9.53 Å². The van der Waals surface area contributed by atoms with Crippen LogP contribution in [0.4, 0.5) is 22.0 Å². The maximum absolute atomic E-state index is 14.0. The molecule has 2 heterocycles. The summed E-state index contributed by atoms with van der Waals surface area (Å²) in [5, 5.41) is 0. The summed E-state index contributed by atoms with van der Waals surface area (Å²) in [6.07, 6.45) is -5.23. The van der Waals surface area contributed by atoms with Crippen LogP contribution in [0.25, 0.3) is 0 Å². The Kier molecular flexibility index (Phi) is 7.46. The van der Waals surface area contributed by atoms with Gasteiger partial charge in [-0.25, -0.2) is 8.78 Å². The zero-order valence-electron chi connectivity index (χ0n) is 20.4. The number of amides is 1. The highest BCUT2D eigenvalue weighted by atomic mass is 19.4. The predicted molar refractivity (Wildman–Crippen MR) is 125 cm³/mol. The van der Waals surface area contributed by atoms with Crippen molar-refractivity contribution in [1.29, 1.82) is 0 Å². The Balaban J connectivity index is 1.50. The van der Waals surface area contributed by atoms with Crippen LogP contribution >= 0.6 is 0 Å². The third-order valence-electron chi connectivity index (χ3n) is 6.17. The standard InChI is InChI=1S/C23H24B2F5NO6/c1-33-18-8-13(2-3-17(18)34-6-7-35-23(28,29)30)20(32)31-5-4-21(14-9-15(26)11-16(27)10-14)19(12-31)36-22(24,25)37-21/h2-3,8-11,19H,4-7,12,24-25H2,1H3. The van der Waals surface area contributed by atoms with Gasteiger partial charge in [-0.2, -0.15) is 0 Å². The molecule has 2 unspecified atom stereocenters. The van der Waals surface area contributed by atoms with E-state index in [2.05, 4.69) is 4.74 Å². The van der Waals surface area contributed by atoms with E-state index in [4.69, 9.17) is 18.9 Å². The van der Waals surface area contributed by atoms with Crippen molar-refractivity contribution in [3.05, 3.63) is 59.2 Å². The SMILES string of the molecule is BC1(B)OC2CN(C(=O)c3ccc(OCCOC(F)(F)F)c(OC)c3)CCC2(c2cc(F)cc(F)c2)O1. The van der Waals surface area contributed by atoms with Crippen LogP contribution in [0.5, 0.6) is 11.5 Å². The van der Waals surface area contributed by atoms with Gasteiger partial charge in [0.2, 0.25) is 0 Å². The van der Waals surface area contributed by atoms with Crippen LogP contribution < -0.4 is 9.47 Å². The topological polar surface area (TPSA) is 66.5 Å². The van der Waals surface area contributed by atoms with Gasteiger partial charge in [-0.05, 0) is 35.9 Å². The average Bonchev–Trinajstić information content (AvgIpc) is 3.10. The summed E-state index contributed by atoms with van der Waals surface area (Å²) >= 11 is 0. The van der Waals surface area contributed by atoms with Gasteiger partial charge in [0.1, 0.15) is 29.9 Å². The molecule has 0 spiro atoms. The Bertz CT molecular complexity index is 1150. The van der Waals surface area contributed by atoms with Gasteiger partial charge in [0.25, 0.3) is 5.91 Å². The molecule has 37 heavy (non-hydrogen) atoms. The molecule has 14 heteroatoms. The minimum Gasteiger partial charge on any atom is -0.493 e. The van der Waals surface area contributed by atoms with Crippen molar-refractivity contribution in [2.75, 3.05) is 33.4 Å². The lowest BCUT2D eigenvalue weighted by Crippen LogP contribution is -2.53. The van der Waals surface area contributed by atoms with E-state index in [0.717, 1.165) is 6.07 Å².